The van der Waals surface area contributed by atoms with Crippen molar-refractivity contribution in [1.82, 2.24) is 0 Å². The maximum atomic E-state index is 4.65. The predicted octanol–water partition coefficient (Wildman–Crippen LogP) is 4.75. The van der Waals surface area contributed by atoms with Crippen LogP contribution in [0.5, 0.6) is 0 Å². The van der Waals surface area contributed by atoms with Crippen molar-refractivity contribution in [3.05, 3.63) is 0 Å². The van der Waals surface area contributed by atoms with Gasteiger partial charge in [0.1, 0.15) is 0 Å². The molecule has 0 aromatic rings. The minimum atomic E-state index is 0.615. The minimum Gasteiger partial charge on any atom is -0.291 e. The highest BCUT2D eigenvalue weighted by atomic mass is 14.8. The van der Waals surface area contributed by atoms with E-state index in [0.717, 1.165) is 0 Å². The average Bonchev–Trinajstić information content (AvgIpc) is 2.63. The average molecular weight is 209 g/mol. The van der Waals surface area contributed by atoms with E-state index < -0.39 is 0 Å². The summed E-state index contributed by atoms with van der Waals surface area (Å²) >= 11 is 0. The van der Waals surface area contributed by atoms with Crippen molar-refractivity contribution < 1.29 is 0 Å². The van der Waals surface area contributed by atoms with Gasteiger partial charge in [-0.25, -0.2) is 0 Å². The van der Waals surface area contributed by atoms with E-state index in [2.05, 4.69) is 18.8 Å². The van der Waals surface area contributed by atoms with Crippen LogP contribution in [0.3, 0.4) is 0 Å². The SMILES string of the molecule is CCCCCCCCCC1=NC(C)CC1. The summed E-state index contributed by atoms with van der Waals surface area (Å²) in [6, 6.07) is 0.615. The van der Waals surface area contributed by atoms with E-state index in [1.54, 1.807) is 0 Å². The first-order valence-corrected chi connectivity index (χ1v) is 6.88. The zero-order valence-corrected chi connectivity index (χ0v) is 10.6. The molecule has 0 saturated heterocycles. The van der Waals surface area contributed by atoms with Gasteiger partial charge in [-0.3, -0.25) is 4.99 Å². The van der Waals surface area contributed by atoms with Crippen molar-refractivity contribution in [3.8, 4) is 0 Å². The molecule has 0 saturated carbocycles. The molecular weight excluding hydrogens is 182 g/mol. The molecule has 1 aliphatic rings. The number of rotatable bonds is 8. The van der Waals surface area contributed by atoms with Crippen molar-refractivity contribution >= 4 is 5.71 Å². The van der Waals surface area contributed by atoms with Crippen LogP contribution >= 0.6 is 0 Å². The molecule has 1 nitrogen and oxygen atoms in total. The van der Waals surface area contributed by atoms with E-state index >= 15 is 0 Å². The van der Waals surface area contributed by atoms with E-state index in [4.69, 9.17) is 0 Å². The molecule has 0 spiro atoms. The standard InChI is InChI=1S/C14H27N/c1-3-4-5-6-7-8-9-10-14-12-11-13(2)15-14/h13H,3-12H2,1-2H3. The molecule has 0 aromatic carbocycles. The summed E-state index contributed by atoms with van der Waals surface area (Å²) in [5, 5.41) is 0. The van der Waals surface area contributed by atoms with Crippen molar-refractivity contribution in [3.63, 3.8) is 0 Å². The third-order valence-corrected chi connectivity index (χ3v) is 3.32. The second kappa shape index (κ2) is 7.90. The maximum absolute atomic E-state index is 4.65. The van der Waals surface area contributed by atoms with E-state index in [-0.39, 0.29) is 0 Å². The fraction of sp³-hybridized carbons (Fsp3) is 0.929. The second-order valence-corrected chi connectivity index (χ2v) is 4.95. The molecule has 0 amide bonds. The summed E-state index contributed by atoms with van der Waals surface area (Å²) in [6.07, 6.45) is 13.7. The Hall–Kier alpha value is -0.330. The first-order chi connectivity index (χ1) is 7.33. The van der Waals surface area contributed by atoms with Gasteiger partial charge >= 0.3 is 0 Å². The molecule has 1 unspecified atom stereocenters. The highest BCUT2D eigenvalue weighted by molar-refractivity contribution is 5.86. The van der Waals surface area contributed by atoms with E-state index in [9.17, 15) is 0 Å². The van der Waals surface area contributed by atoms with E-state index in [1.807, 2.05) is 0 Å². The summed E-state index contributed by atoms with van der Waals surface area (Å²) in [5.74, 6) is 0. The number of aliphatic imine (C=N–C) groups is 1. The molecule has 0 N–H and O–H groups in total. The summed E-state index contributed by atoms with van der Waals surface area (Å²) in [4.78, 5) is 4.65. The zero-order chi connectivity index (χ0) is 10.9. The fourth-order valence-corrected chi connectivity index (χ4v) is 2.29. The maximum Gasteiger partial charge on any atom is 0.0474 e. The first kappa shape index (κ1) is 12.7. The third kappa shape index (κ3) is 5.96. The van der Waals surface area contributed by atoms with Crippen LogP contribution in [0.1, 0.15) is 78.1 Å². The van der Waals surface area contributed by atoms with Crippen LogP contribution in [0.25, 0.3) is 0 Å². The first-order valence-electron chi connectivity index (χ1n) is 6.88. The Morgan fingerprint density at radius 1 is 1.07 bits per heavy atom. The lowest BCUT2D eigenvalue weighted by Gasteiger charge is -2.01. The number of unbranched alkanes of at least 4 members (excludes halogenated alkanes) is 6. The third-order valence-electron chi connectivity index (χ3n) is 3.32. The van der Waals surface area contributed by atoms with Gasteiger partial charge in [-0.2, -0.15) is 0 Å². The molecule has 1 heteroatoms. The molecule has 1 rings (SSSR count). The lowest BCUT2D eigenvalue weighted by Crippen LogP contribution is -1.92. The monoisotopic (exact) mass is 209 g/mol. The Kier molecular flexibility index (Phi) is 6.71. The lowest BCUT2D eigenvalue weighted by molar-refractivity contribution is 0.595. The van der Waals surface area contributed by atoms with Gasteiger partial charge in [0.25, 0.3) is 0 Å². The minimum absolute atomic E-state index is 0.615. The molecule has 88 valence electrons. The molecule has 0 aromatic heterocycles. The van der Waals surface area contributed by atoms with Crippen LogP contribution in [0.15, 0.2) is 4.99 Å². The summed E-state index contributed by atoms with van der Waals surface area (Å²) in [6.45, 7) is 4.51. The van der Waals surface area contributed by atoms with Crippen molar-refractivity contribution in [1.29, 1.82) is 0 Å². The van der Waals surface area contributed by atoms with Crippen LogP contribution in [0.4, 0.5) is 0 Å². The second-order valence-electron chi connectivity index (χ2n) is 4.95. The largest absolute Gasteiger partial charge is 0.291 e. The topological polar surface area (TPSA) is 12.4 Å². The highest BCUT2D eigenvalue weighted by Crippen LogP contribution is 2.17. The Balaban J connectivity index is 1.87. The normalized spacial score (nSPS) is 20.7. The smallest absolute Gasteiger partial charge is 0.0474 e. The van der Waals surface area contributed by atoms with Gasteiger partial charge in [0.05, 0.1) is 0 Å². The number of nitrogens with zero attached hydrogens (tertiary/aromatic N) is 1. The van der Waals surface area contributed by atoms with Crippen LogP contribution < -0.4 is 0 Å². The zero-order valence-electron chi connectivity index (χ0n) is 10.6. The van der Waals surface area contributed by atoms with Gasteiger partial charge in [0.2, 0.25) is 0 Å². The van der Waals surface area contributed by atoms with Gasteiger partial charge in [0.15, 0.2) is 0 Å². The van der Waals surface area contributed by atoms with Crippen LogP contribution in [0.2, 0.25) is 0 Å². The molecular formula is C14H27N. The van der Waals surface area contributed by atoms with E-state index in [1.165, 1.54) is 69.9 Å². The van der Waals surface area contributed by atoms with Crippen molar-refractivity contribution in [2.24, 2.45) is 4.99 Å². The molecule has 1 heterocycles. The molecule has 15 heavy (non-hydrogen) atoms. The van der Waals surface area contributed by atoms with Gasteiger partial charge in [0, 0.05) is 11.8 Å². The van der Waals surface area contributed by atoms with Gasteiger partial charge in [-0.05, 0) is 32.6 Å². The van der Waals surface area contributed by atoms with Gasteiger partial charge in [-0.15, -0.1) is 0 Å². The van der Waals surface area contributed by atoms with Gasteiger partial charge < -0.3 is 0 Å². The number of hydrogen-bond acceptors (Lipinski definition) is 1. The Labute approximate surface area is 95.4 Å². The van der Waals surface area contributed by atoms with Crippen LogP contribution in [-0.4, -0.2) is 11.8 Å². The molecule has 0 radical (unpaired) electrons. The number of hydrogen-bond donors (Lipinski definition) is 0. The summed E-state index contributed by atoms with van der Waals surface area (Å²) < 4.78 is 0. The van der Waals surface area contributed by atoms with E-state index in [0.29, 0.717) is 6.04 Å². The quantitative estimate of drug-likeness (QED) is 0.511. The van der Waals surface area contributed by atoms with Gasteiger partial charge in [-0.1, -0.05) is 45.4 Å². The Morgan fingerprint density at radius 3 is 2.33 bits per heavy atom. The molecule has 0 aliphatic carbocycles. The highest BCUT2D eigenvalue weighted by Gasteiger charge is 2.11. The summed E-state index contributed by atoms with van der Waals surface area (Å²) in [7, 11) is 0. The molecule has 0 bridgehead atoms. The predicted molar refractivity (Wildman–Crippen MR) is 68.7 cm³/mol. The van der Waals surface area contributed by atoms with Crippen LogP contribution in [-0.2, 0) is 0 Å². The van der Waals surface area contributed by atoms with Crippen molar-refractivity contribution in [2.75, 3.05) is 0 Å². The fourth-order valence-electron chi connectivity index (χ4n) is 2.29. The molecule has 1 aliphatic heterocycles. The Bertz CT molecular complexity index is 184. The Morgan fingerprint density at radius 2 is 1.73 bits per heavy atom. The lowest BCUT2D eigenvalue weighted by atomic mass is 10.1. The van der Waals surface area contributed by atoms with Crippen molar-refractivity contribution in [2.45, 2.75) is 84.1 Å². The molecule has 1 atom stereocenters. The summed E-state index contributed by atoms with van der Waals surface area (Å²) in [5.41, 5.74) is 1.50. The molecule has 0 fully saturated rings. The van der Waals surface area contributed by atoms with Crippen LogP contribution in [0, 0.1) is 0 Å².